The van der Waals surface area contributed by atoms with Crippen LogP contribution >= 0.6 is 0 Å². The third-order valence-electron chi connectivity index (χ3n) is 3.47. The molecule has 6 nitrogen and oxygen atoms in total. The number of phenolic OH excluding ortho intramolecular Hbond substituents is 4. The second-order valence-electron chi connectivity index (χ2n) is 5.26. The SMILES string of the molecule is COC(=O)C(=C\Cc1ccc(O)c(O)c1)/C=C/c1ccc(O)c(O)c1. The van der Waals surface area contributed by atoms with Crippen LogP contribution in [-0.2, 0) is 16.0 Å². The quantitative estimate of drug-likeness (QED) is 0.288. The number of ether oxygens (including phenoxy) is 1. The fourth-order valence-corrected chi connectivity index (χ4v) is 2.09. The van der Waals surface area contributed by atoms with Crippen LogP contribution in [0.4, 0.5) is 0 Å². The van der Waals surface area contributed by atoms with E-state index in [1.165, 1.54) is 37.5 Å². The maximum absolute atomic E-state index is 11.9. The summed E-state index contributed by atoms with van der Waals surface area (Å²) in [6, 6.07) is 8.68. The second kappa shape index (κ2) is 7.92. The molecule has 2 rings (SSSR count). The Balaban J connectivity index is 2.22. The molecule has 25 heavy (non-hydrogen) atoms. The molecule has 0 atom stereocenters. The number of allylic oxidation sites excluding steroid dienone is 1. The van der Waals surface area contributed by atoms with Gasteiger partial charge in [-0.3, -0.25) is 0 Å². The van der Waals surface area contributed by atoms with Crippen LogP contribution in [0.15, 0.2) is 54.1 Å². The Labute approximate surface area is 144 Å². The van der Waals surface area contributed by atoms with Crippen LogP contribution in [0.3, 0.4) is 0 Å². The Hall–Kier alpha value is -3.41. The molecule has 6 heteroatoms. The lowest BCUT2D eigenvalue weighted by Gasteiger charge is -2.03. The summed E-state index contributed by atoms with van der Waals surface area (Å²) in [4.78, 5) is 11.9. The van der Waals surface area contributed by atoms with Crippen molar-refractivity contribution < 1.29 is 30.0 Å². The molecule has 0 aliphatic heterocycles. The molecule has 130 valence electrons. The molecule has 2 aromatic rings. The van der Waals surface area contributed by atoms with Crippen molar-refractivity contribution in [3.05, 3.63) is 65.3 Å². The highest BCUT2D eigenvalue weighted by atomic mass is 16.5. The van der Waals surface area contributed by atoms with Crippen molar-refractivity contribution in [2.45, 2.75) is 6.42 Å². The first-order chi connectivity index (χ1) is 11.9. The molecule has 0 unspecified atom stereocenters. The van der Waals surface area contributed by atoms with Gasteiger partial charge in [-0.15, -0.1) is 0 Å². The van der Waals surface area contributed by atoms with E-state index in [0.717, 1.165) is 0 Å². The standard InChI is InChI=1S/C19H18O6/c1-25-19(24)14(6-2-12-4-8-15(20)17(22)10-12)7-3-13-5-9-16(21)18(23)11-13/h2,4-11,20-23H,3H2,1H3/b6-2+,14-7-. The number of benzene rings is 2. The fraction of sp³-hybridized carbons (Fsp3) is 0.105. The Kier molecular flexibility index (Phi) is 5.68. The average Bonchev–Trinajstić information content (AvgIpc) is 2.60. The summed E-state index contributed by atoms with van der Waals surface area (Å²) >= 11 is 0. The third kappa shape index (κ3) is 4.78. The molecule has 0 heterocycles. The Morgan fingerprint density at radius 2 is 1.60 bits per heavy atom. The molecule has 0 radical (unpaired) electrons. The molecule has 0 aliphatic carbocycles. The van der Waals surface area contributed by atoms with Gasteiger partial charge in [0.1, 0.15) is 0 Å². The minimum atomic E-state index is -0.540. The van der Waals surface area contributed by atoms with Crippen LogP contribution in [0.25, 0.3) is 6.08 Å². The Bertz CT molecular complexity index is 836. The highest BCUT2D eigenvalue weighted by Gasteiger charge is 2.07. The van der Waals surface area contributed by atoms with E-state index in [9.17, 15) is 25.2 Å². The Morgan fingerprint density at radius 1 is 0.960 bits per heavy atom. The largest absolute Gasteiger partial charge is 0.504 e. The van der Waals surface area contributed by atoms with Gasteiger partial charge in [-0.05, 0) is 47.9 Å². The zero-order valence-electron chi connectivity index (χ0n) is 13.5. The summed E-state index contributed by atoms with van der Waals surface area (Å²) in [5.74, 6) is -1.48. The number of hydrogen-bond acceptors (Lipinski definition) is 6. The predicted octanol–water partition coefficient (Wildman–Crippen LogP) is 2.86. The van der Waals surface area contributed by atoms with E-state index < -0.39 is 5.97 Å². The maximum Gasteiger partial charge on any atom is 0.337 e. The molecular formula is C19H18O6. The number of rotatable bonds is 5. The lowest BCUT2D eigenvalue weighted by molar-refractivity contribution is -0.135. The molecule has 0 saturated carbocycles. The lowest BCUT2D eigenvalue weighted by Crippen LogP contribution is -2.03. The van der Waals surface area contributed by atoms with Crippen molar-refractivity contribution in [1.29, 1.82) is 0 Å². The van der Waals surface area contributed by atoms with Gasteiger partial charge in [0, 0.05) is 0 Å². The topological polar surface area (TPSA) is 107 Å². The molecule has 0 bridgehead atoms. The summed E-state index contributed by atoms with van der Waals surface area (Å²) in [5, 5.41) is 37.6. The zero-order chi connectivity index (χ0) is 18.4. The number of phenols is 4. The number of carbonyl (C=O) groups is 1. The molecule has 2 aromatic carbocycles. The average molecular weight is 342 g/mol. The molecule has 0 aliphatic rings. The monoisotopic (exact) mass is 342 g/mol. The lowest BCUT2D eigenvalue weighted by atomic mass is 10.1. The number of esters is 1. The minimum absolute atomic E-state index is 0.215. The van der Waals surface area contributed by atoms with E-state index in [2.05, 4.69) is 0 Å². The van der Waals surface area contributed by atoms with Crippen LogP contribution in [0.2, 0.25) is 0 Å². The van der Waals surface area contributed by atoms with Crippen LogP contribution < -0.4 is 0 Å². The first-order valence-corrected chi connectivity index (χ1v) is 7.40. The van der Waals surface area contributed by atoms with Crippen molar-refractivity contribution >= 4 is 12.0 Å². The molecule has 4 N–H and O–H groups in total. The zero-order valence-corrected chi connectivity index (χ0v) is 13.5. The van der Waals surface area contributed by atoms with Gasteiger partial charge in [-0.1, -0.05) is 24.3 Å². The van der Waals surface area contributed by atoms with Crippen LogP contribution in [-0.4, -0.2) is 33.5 Å². The molecule has 0 fully saturated rings. The molecule has 0 saturated heterocycles. The van der Waals surface area contributed by atoms with Gasteiger partial charge >= 0.3 is 5.97 Å². The summed E-state index contributed by atoms with van der Waals surface area (Å²) < 4.78 is 4.74. The van der Waals surface area contributed by atoms with Crippen molar-refractivity contribution in [3.8, 4) is 23.0 Å². The van der Waals surface area contributed by atoms with Crippen molar-refractivity contribution in [2.75, 3.05) is 7.11 Å². The smallest absolute Gasteiger partial charge is 0.337 e. The van der Waals surface area contributed by atoms with Gasteiger partial charge in [0.2, 0.25) is 0 Å². The van der Waals surface area contributed by atoms with E-state index >= 15 is 0 Å². The number of methoxy groups -OCH3 is 1. The number of carbonyl (C=O) groups excluding carboxylic acids is 1. The highest BCUT2D eigenvalue weighted by Crippen LogP contribution is 2.26. The van der Waals surface area contributed by atoms with E-state index in [-0.39, 0.29) is 28.6 Å². The maximum atomic E-state index is 11.9. The second-order valence-corrected chi connectivity index (χ2v) is 5.26. The molecular weight excluding hydrogens is 324 g/mol. The highest BCUT2D eigenvalue weighted by molar-refractivity contribution is 5.92. The van der Waals surface area contributed by atoms with Gasteiger partial charge in [0.05, 0.1) is 12.7 Å². The van der Waals surface area contributed by atoms with Crippen LogP contribution in [0, 0.1) is 0 Å². The van der Waals surface area contributed by atoms with Gasteiger partial charge in [-0.2, -0.15) is 0 Å². The van der Waals surface area contributed by atoms with Gasteiger partial charge in [-0.25, -0.2) is 4.79 Å². The van der Waals surface area contributed by atoms with E-state index in [1.807, 2.05) is 0 Å². The molecule has 0 aromatic heterocycles. The van der Waals surface area contributed by atoms with Crippen LogP contribution in [0.1, 0.15) is 11.1 Å². The third-order valence-corrected chi connectivity index (χ3v) is 3.47. The van der Waals surface area contributed by atoms with E-state index in [0.29, 0.717) is 17.5 Å². The molecule has 0 spiro atoms. The Morgan fingerprint density at radius 3 is 2.20 bits per heavy atom. The number of aromatic hydroxyl groups is 4. The van der Waals surface area contributed by atoms with Crippen molar-refractivity contribution in [1.82, 2.24) is 0 Å². The van der Waals surface area contributed by atoms with E-state index in [4.69, 9.17) is 4.74 Å². The fourth-order valence-electron chi connectivity index (χ4n) is 2.09. The first-order valence-electron chi connectivity index (χ1n) is 7.40. The molecule has 0 amide bonds. The van der Waals surface area contributed by atoms with Crippen LogP contribution in [0.5, 0.6) is 23.0 Å². The summed E-state index contributed by atoms with van der Waals surface area (Å²) in [6.07, 6.45) is 5.08. The summed E-state index contributed by atoms with van der Waals surface area (Å²) in [6.45, 7) is 0. The predicted molar refractivity (Wildman–Crippen MR) is 92.4 cm³/mol. The normalized spacial score (nSPS) is 11.6. The minimum Gasteiger partial charge on any atom is -0.504 e. The summed E-state index contributed by atoms with van der Waals surface area (Å²) in [5.41, 5.74) is 1.57. The number of hydrogen-bond donors (Lipinski definition) is 4. The first kappa shape index (κ1) is 17.9. The van der Waals surface area contributed by atoms with Gasteiger partial charge in [0.15, 0.2) is 23.0 Å². The van der Waals surface area contributed by atoms with Gasteiger partial charge < -0.3 is 25.2 Å². The van der Waals surface area contributed by atoms with Crippen molar-refractivity contribution in [2.24, 2.45) is 0 Å². The van der Waals surface area contributed by atoms with E-state index in [1.54, 1.807) is 24.3 Å². The van der Waals surface area contributed by atoms with Gasteiger partial charge in [0.25, 0.3) is 0 Å². The summed E-state index contributed by atoms with van der Waals surface area (Å²) in [7, 11) is 1.27. The van der Waals surface area contributed by atoms with Crippen molar-refractivity contribution in [3.63, 3.8) is 0 Å².